The highest BCUT2D eigenvalue weighted by Gasteiger charge is 2.23. The molecule has 0 fully saturated rings. The van der Waals surface area contributed by atoms with Crippen molar-refractivity contribution in [2.45, 2.75) is 33.2 Å². The first-order valence-electron chi connectivity index (χ1n) is 9.05. The van der Waals surface area contributed by atoms with E-state index in [4.69, 9.17) is 0 Å². The van der Waals surface area contributed by atoms with Gasteiger partial charge in [0.05, 0.1) is 11.0 Å². The molecule has 0 aliphatic rings. The number of imidazole rings is 1. The van der Waals surface area contributed by atoms with Gasteiger partial charge in [-0.25, -0.2) is 4.98 Å². The maximum Gasteiger partial charge on any atom is 0.251 e. The highest BCUT2D eigenvalue weighted by atomic mass is 16.2. The topological polar surface area (TPSA) is 86.9 Å². The molecular weight excluding hydrogens is 340 g/mol. The minimum Gasteiger partial charge on any atom is -0.340 e. The van der Waals surface area contributed by atoms with Crippen LogP contribution in [0.15, 0.2) is 48.5 Å². The van der Waals surface area contributed by atoms with E-state index in [1.807, 2.05) is 57.2 Å². The van der Waals surface area contributed by atoms with E-state index < -0.39 is 6.04 Å². The van der Waals surface area contributed by atoms with E-state index in [0.717, 1.165) is 16.6 Å². The lowest BCUT2D eigenvalue weighted by Gasteiger charge is -2.19. The van der Waals surface area contributed by atoms with E-state index >= 15 is 0 Å². The predicted octanol–water partition coefficient (Wildman–Crippen LogP) is 3.65. The zero-order chi connectivity index (χ0) is 19.4. The van der Waals surface area contributed by atoms with Crippen LogP contribution in [-0.4, -0.2) is 27.8 Å². The van der Waals surface area contributed by atoms with E-state index in [1.54, 1.807) is 12.1 Å². The molecule has 140 valence electrons. The van der Waals surface area contributed by atoms with Gasteiger partial charge in [-0.3, -0.25) is 14.9 Å². The van der Waals surface area contributed by atoms with Crippen molar-refractivity contribution in [3.8, 4) is 0 Å². The number of nitrogens with one attached hydrogen (secondary N) is 3. The monoisotopic (exact) mass is 364 g/mol. The number of amides is 2. The highest BCUT2D eigenvalue weighted by molar-refractivity contribution is 6.01. The molecule has 0 spiro atoms. The molecule has 2 aromatic carbocycles. The summed E-state index contributed by atoms with van der Waals surface area (Å²) in [6, 6.07) is 14.2. The van der Waals surface area contributed by atoms with Crippen molar-refractivity contribution in [1.29, 1.82) is 0 Å². The molecule has 1 atom stereocenters. The van der Waals surface area contributed by atoms with Crippen LogP contribution in [0, 0.1) is 12.8 Å². The van der Waals surface area contributed by atoms with Crippen molar-refractivity contribution < 1.29 is 9.59 Å². The Bertz CT molecular complexity index is 928. The Morgan fingerprint density at radius 2 is 1.89 bits per heavy atom. The second kappa shape index (κ2) is 8.03. The van der Waals surface area contributed by atoms with Gasteiger partial charge < -0.3 is 10.3 Å². The SMILES string of the molecule is Cc1cccc(C(=O)N[C@H](CC(C)C)C(=O)Nc2nc3ccccc3[nH]2)c1. The lowest BCUT2D eigenvalue weighted by atomic mass is 10.0. The molecule has 6 nitrogen and oxygen atoms in total. The Morgan fingerprint density at radius 3 is 2.59 bits per heavy atom. The minimum atomic E-state index is -0.647. The molecule has 0 radical (unpaired) electrons. The maximum atomic E-state index is 12.8. The van der Waals surface area contributed by atoms with Gasteiger partial charge in [0.15, 0.2) is 0 Å². The van der Waals surface area contributed by atoms with E-state index in [-0.39, 0.29) is 17.7 Å². The van der Waals surface area contributed by atoms with Gasteiger partial charge in [-0.2, -0.15) is 0 Å². The highest BCUT2D eigenvalue weighted by Crippen LogP contribution is 2.15. The zero-order valence-corrected chi connectivity index (χ0v) is 15.7. The van der Waals surface area contributed by atoms with Crippen LogP contribution in [0.5, 0.6) is 0 Å². The van der Waals surface area contributed by atoms with Gasteiger partial charge in [0, 0.05) is 5.56 Å². The van der Waals surface area contributed by atoms with Crippen LogP contribution in [0.25, 0.3) is 11.0 Å². The second-order valence-corrected chi connectivity index (χ2v) is 7.12. The third-order valence-corrected chi connectivity index (χ3v) is 4.24. The molecule has 3 aromatic rings. The normalized spacial score (nSPS) is 12.1. The number of anilines is 1. The third kappa shape index (κ3) is 4.73. The quantitative estimate of drug-likeness (QED) is 0.624. The third-order valence-electron chi connectivity index (χ3n) is 4.24. The fourth-order valence-electron chi connectivity index (χ4n) is 2.95. The average molecular weight is 364 g/mol. The van der Waals surface area contributed by atoms with Gasteiger partial charge in [0.1, 0.15) is 6.04 Å². The van der Waals surface area contributed by atoms with E-state index in [9.17, 15) is 9.59 Å². The number of nitrogens with zero attached hydrogens (tertiary/aromatic N) is 1. The summed E-state index contributed by atoms with van der Waals surface area (Å²) in [6.07, 6.45) is 0.531. The molecule has 0 aliphatic carbocycles. The van der Waals surface area contributed by atoms with Crippen molar-refractivity contribution >= 4 is 28.8 Å². The molecule has 0 unspecified atom stereocenters. The molecule has 0 saturated heterocycles. The summed E-state index contributed by atoms with van der Waals surface area (Å²) in [5.41, 5.74) is 3.16. The van der Waals surface area contributed by atoms with Crippen LogP contribution in [0.4, 0.5) is 5.95 Å². The number of aromatic amines is 1. The van der Waals surface area contributed by atoms with E-state index in [0.29, 0.717) is 17.9 Å². The molecule has 0 aliphatic heterocycles. The van der Waals surface area contributed by atoms with Gasteiger partial charge in [-0.15, -0.1) is 0 Å². The van der Waals surface area contributed by atoms with Crippen molar-refractivity contribution in [1.82, 2.24) is 15.3 Å². The van der Waals surface area contributed by atoms with Gasteiger partial charge in [0.25, 0.3) is 5.91 Å². The number of H-pyrrole nitrogens is 1. The van der Waals surface area contributed by atoms with Crippen molar-refractivity contribution in [2.75, 3.05) is 5.32 Å². The molecule has 3 N–H and O–H groups in total. The van der Waals surface area contributed by atoms with Gasteiger partial charge in [-0.05, 0) is 43.5 Å². The zero-order valence-electron chi connectivity index (χ0n) is 15.7. The second-order valence-electron chi connectivity index (χ2n) is 7.12. The summed E-state index contributed by atoms with van der Waals surface area (Å²) in [5.74, 6) is 0.0712. The van der Waals surface area contributed by atoms with Crippen LogP contribution >= 0.6 is 0 Å². The van der Waals surface area contributed by atoms with Gasteiger partial charge >= 0.3 is 0 Å². The molecule has 27 heavy (non-hydrogen) atoms. The average Bonchev–Trinajstić information content (AvgIpc) is 3.02. The molecule has 0 bridgehead atoms. The number of hydrogen-bond acceptors (Lipinski definition) is 3. The minimum absolute atomic E-state index is 0.245. The number of carbonyl (C=O) groups excluding carboxylic acids is 2. The summed E-state index contributed by atoms with van der Waals surface area (Å²) < 4.78 is 0. The first-order chi connectivity index (χ1) is 12.9. The predicted molar refractivity (Wildman–Crippen MR) is 107 cm³/mol. The Kier molecular flexibility index (Phi) is 5.54. The molecule has 3 rings (SSSR count). The summed E-state index contributed by atoms with van der Waals surface area (Å²) in [5, 5.41) is 5.64. The Labute approximate surface area is 158 Å². The summed E-state index contributed by atoms with van der Waals surface area (Å²) in [4.78, 5) is 32.8. The standard InChI is InChI=1S/C21H24N4O2/c1-13(2)11-18(22-19(26)15-8-6-7-14(3)12-15)20(27)25-21-23-16-9-4-5-10-17(16)24-21/h4-10,12-13,18H,11H2,1-3H3,(H,22,26)(H2,23,24,25,27)/t18-/m1/s1. The number of hydrogen-bond donors (Lipinski definition) is 3. The molecule has 2 amide bonds. The van der Waals surface area contributed by atoms with Crippen LogP contribution in [-0.2, 0) is 4.79 Å². The van der Waals surface area contributed by atoms with Crippen molar-refractivity contribution in [3.63, 3.8) is 0 Å². The lowest BCUT2D eigenvalue weighted by Crippen LogP contribution is -2.44. The molecular formula is C21H24N4O2. The first kappa shape index (κ1) is 18.6. The number of carbonyl (C=O) groups is 2. The fourth-order valence-corrected chi connectivity index (χ4v) is 2.95. The number of aryl methyl sites for hydroxylation is 1. The molecule has 1 heterocycles. The van der Waals surface area contributed by atoms with Crippen molar-refractivity contribution in [3.05, 3.63) is 59.7 Å². The first-order valence-corrected chi connectivity index (χ1v) is 9.05. The number of para-hydroxylation sites is 2. The van der Waals surface area contributed by atoms with Gasteiger partial charge in [-0.1, -0.05) is 43.7 Å². The summed E-state index contributed by atoms with van der Waals surface area (Å²) >= 11 is 0. The van der Waals surface area contributed by atoms with Crippen LogP contribution in [0.3, 0.4) is 0 Å². The summed E-state index contributed by atoms with van der Waals surface area (Å²) in [6.45, 7) is 5.96. The van der Waals surface area contributed by atoms with E-state index in [2.05, 4.69) is 20.6 Å². The lowest BCUT2D eigenvalue weighted by molar-refractivity contribution is -0.118. The fraction of sp³-hybridized carbons (Fsp3) is 0.286. The number of benzene rings is 2. The Hall–Kier alpha value is -3.15. The molecule has 1 aromatic heterocycles. The number of rotatable bonds is 6. The Morgan fingerprint density at radius 1 is 1.11 bits per heavy atom. The number of aromatic nitrogens is 2. The number of fused-ring (bicyclic) bond motifs is 1. The largest absolute Gasteiger partial charge is 0.340 e. The van der Waals surface area contributed by atoms with Crippen LogP contribution < -0.4 is 10.6 Å². The van der Waals surface area contributed by atoms with E-state index in [1.165, 1.54) is 0 Å². The Balaban J connectivity index is 1.74. The summed E-state index contributed by atoms with van der Waals surface area (Å²) in [7, 11) is 0. The van der Waals surface area contributed by atoms with Crippen LogP contribution in [0.1, 0.15) is 36.2 Å². The molecule has 6 heteroatoms. The van der Waals surface area contributed by atoms with Gasteiger partial charge in [0.2, 0.25) is 11.9 Å². The molecule has 0 saturated carbocycles. The smallest absolute Gasteiger partial charge is 0.251 e. The maximum absolute atomic E-state index is 12.8. The van der Waals surface area contributed by atoms with Crippen molar-refractivity contribution in [2.24, 2.45) is 5.92 Å². The van der Waals surface area contributed by atoms with Crippen LogP contribution in [0.2, 0.25) is 0 Å².